The zero-order valence-electron chi connectivity index (χ0n) is 15.4. The molecular formula is C18H16N6O4S. The molecule has 11 heteroatoms. The van der Waals surface area contributed by atoms with E-state index in [1.807, 2.05) is 6.07 Å². The molecule has 2 aromatic heterocycles. The van der Waals surface area contributed by atoms with E-state index in [4.69, 9.17) is 10.5 Å². The van der Waals surface area contributed by atoms with E-state index in [2.05, 4.69) is 14.7 Å². The topological polar surface area (TPSA) is 153 Å². The van der Waals surface area contributed by atoms with Crippen LogP contribution in [0.1, 0.15) is 21.6 Å². The summed E-state index contributed by atoms with van der Waals surface area (Å²) in [5.41, 5.74) is 7.13. The number of hydrogen-bond acceptors (Lipinski definition) is 8. The zero-order valence-corrected chi connectivity index (χ0v) is 16.3. The number of methoxy groups -OCH3 is 1. The van der Waals surface area contributed by atoms with Crippen molar-refractivity contribution in [2.45, 2.75) is 11.8 Å². The van der Waals surface area contributed by atoms with Gasteiger partial charge in [-0.1, -0.05) is 0 Å². The zero-order chi connectivity index (χ0) is 21.2. The molecular weight excluding hydrogens is 396 g/mol. The lowest BCUT2D eigenvalue weighted by Gasteiger charge is -2.10. The third-order valence-corrected chi connectivity index (χ3v) is 5.32. The first-order chi connectivity index (χ1) is 13.8. The summed E-state index contributed by atoms with van der Waals surface area (Å²) in [6, 6.07) is 7.52. The molecule has 0 aliphatic carbocycles. The Morgan fingerprint density at radius 1 is 1.24 bits per heavy atom. The monoisotopic (exact) mass is 412 g/mol. The van der Waals surface area contributed by atoms with Crippen molar-refractivity contribution in [3.63, 3.8) is 0 Å². The van der Waals surface area contributed by atoms with E-state index < -0.39 is 16.0 Å². The quantitative estimate of drug-likeness (QED) is 0.599. The molecule has 0 spiro atoms. The number of aryl methyl sites for hydroxylation is 1. The Bertz CT molecular complexity index is 1210. The lowest BCUT2D eigenvalue weighted by Crippen LogP contribution is -2.15. The third kappa shape index (κ3) is 3.87. The maximum atomic E-state index is 12.5. The number of benzene rings is 1. The molecule has 29 heavy (non-hydrogen) atoms. The summed E-state index contributed by atoms with van der Waals surface area (Å²) in [5, 5.41) is 9.17. The van der Waals surface area contributed by atoms with Gasteiger partial charge in [0.1, 0.15) is 6.07 Å². The van der Waals surface area contributed by atoms with Gasteiger partial charge in [0, 0.05) is 24.3 Å². The Balaban J connectivity index is 1.96. The number of esters is 1. The SMILES string of the molecule is COC(=O)c1c(N)c(C#N)cn1-c1ccc(S(=O)(=O)Nc2ncc(C)cn2)cc1. The molecule has 0 radical (unpaired) electrons. The number of nitrogens with two attached hydrogens (primary N) is 1. The number of aromatic nitrogens is 3. The first-order valence-corrected chi connectivity index (χ1v) is 9.66. The van der Waals surface area contributed by atoms with Crippen LogP contribution >= 0.6 is 0 Å². The minimum atomic E-state index is -3.92. The Kier molecular flexibility index (Phi) is 5.20. The summed E-state index contributed by atoms with van der Waals surface area (Å²) >= 11 is 0. The summed E-state index contributed by atoms with van der Waals surface area (Å²) in [6.45, 7) is 1.78. The molecule has 148 valence electrons. The molecule has 0 aliphatic heterocycles. The van der Waals surface area contributed by atoms with E-state index >= 15 is 0 Å². The second-order valence-corrected chi connectivity index (χ2v) is 7.64. The lowest BCUT2D eigenvalue weighted by atomic mass is 10.2. The van der Waals surface area contributed by atoms with E-state index in [1.165, 1.54) is 54.5 Å². The summed E-state index contributed by atoms with van der Waals surface area (Å²) in [7, 11) is -2.72. The summed E-state index contributed by atoms with van der Waals surface area (Å²) in [4.78, 5) is 19.9. The van der Waals surface area contributed by atoms with Crippen molar-refractivity contribution < 1.29 is 17.9 Å². The minimum Gasteiger partial charge on any atom is -0.464 e. The second kappa shape index (κ2) is 7.61. The second-order valence-electron chi connectivity index (χ2n) is 5.96. The maximum absolute atomic E-state index is 12.5. The van der Waals surface area contributed by atoms with Crippen molar-refractivity contribution in [1.82, 2.24) is 14.5 Å². The van der Waals surface area contributed by atoms with Gasteiger partial charge in [-0.25, -0.2) is 27.9 Å². The number of anilines is 2. The predicted octanol–water partition coefficient (Wildman–Crippen LogP) is 1.62. The number of nitrogens with one attached hydrogen (secondary N) is 1. The molecule has 2 heterocycles. The van der Waals surface area contributed by atoms with Gasteiger partial charge in [-0.3, -0.25) is 0 Å². The van der Waals surface area contributed by atoms with Crippen molar-refractivity contribution >= 4 is 27.6 Å². The third-order valence-electron chi connectivity index (χ3n) is 3.98. The fourth-order valence-electron chi connectivity index (χ4n) is 2.53. The molecule has 0 bridgehead atoms. The van der Waals surface area contributed by atoms with Gasteiger partial charge in [0.15, 0.2) is 5.69 Å². The number of carbonyl (C=O) groups is 1. The molecule has 0 atom stereocenters. The van der Waals surface area contributed by atoms with Gasteiger partial charge < -0.3 is 15.0 Å². The molecule has 1 aromatic carbocycles. The summed E-state index contributed by atoms with van der Waals surface area (Å²) in [6.07, 6.45) is 4.36. The summed E-state index contributed by atoms with van der Waals surface area (Å²) in [5.74, 6) is -0.775. The number of hydrogen-bond donors (Lipinski definition) is 2. The average molecular weight is 412 g/mol. The number of rotatable bonds is 5. The number of nitrogens with zero attached hydrogens (tertiary/aromatic N) is 4. The highest BCUT2D eigenvalue weighted by atomic mass is 32.2. The summed E-state index contributed by atoms with van der Waals surface area (Å²) < 4.78 is 33.4. The van der Waals surface area contributed by atoms with Crippen LogP contribution in [0.4, 0.5) is 11.6 Å². The first kappa shape index (κ1) is 19.8. The van der Waals surface area contributed by atoms with Crippen LogP contribution in [-0.2, 0) is 14.8 Å². The first-order valence-electron chi connectivity index (χ1n) is 8.18. The van der Waals surface area contributed by atoms with Gasteiger partial charge >= 0.3 is 5.97 Å². The Hall–Kier alpha value is -3.91. The van der Waals surface area contributed by atoms with Gasteiger partial charge in [0.2, 0.25) is 5.95 Å². The molecule has 0 saturated heterocycles. The molecule has 0 unspecified atom stereocenters. The van der Waals surface area contributed by atoms with Crippen molar-refractivity contribution in [1.29, 1.82) is 5.26 Å². The van der Waals surface area contributed by atoms with Gasteiger partial charge in [-0.15, -0.1) is 0 Å². The van der Waals surface area contributed by atoms with Crippen LogP contribution in [0, 0.1) is 18.3 Å². The average Bonchev–Trinajstić information content (AvgIpc) is 3.05. The minimum absolute atomic E-state index is 0.0192. The van der Waals surface area contributed by atoms with E-state index in [9.17, 15) is 18.5 Å². The predicted molar refractivity (Wildman–Crippen MR) is 104 cm³/mol. The highest BCUT2D eigenvalue weighted by molar-refractivity contribution is 7.92. The van der Waals surface area contributed by atoms with Crippen LogP contribution in [0.3, 0.4) is 0 Å². The fourth-order valence-corrected chi connectivity index (χ4v) is 3.49. The smallest absolute Gasteiger partial charge is 0.357 e. The number of ether oxygens (including phenoxy) is 1. The van der Waals surface area contributed by atoms with E-state index in [1.54, 1.807) is 6.92 Å². The van der Waals surface area contributed by atoms with Gasteiger partial charge in [0.05, 0.1) is 23.3 Å². The number of nitriles is 1. The van der Waals surface area contributed by atoms with Crippen LogP contribution in [-0.4, -0.2) is 36.0 Å². The van der Waals surface area contributed by atoms with Crippen molar-refractivity contribution in [3.8, 4) is 11.8 Å². The number of sulfonamides is 1. The van der Waals surface area contributed by atoms with E-state index in [-0.39, 0.29) is 27.8 Å². The van der Waals surface area contributed by atoms with Crippen LogP contribution in [0.2, 0.25) is 0 Å². The van der Waals surface area contributed by atoms with Crippen LogP contribution in [0.5, 0.6) is 0 Å². The van der Waals surface area contributed by atoms with E-state index in [0.717, 1.165) is 5.56 Å². The van der Waals surface area contributed by atoms with Gasteiger partial charge in [-0.05, 0) is 36.8 Å². The van der Waals surface area contributed by atoms with Crippen LogP contribution < -0.4 is 10.5 Å². The molecule has 0 fully saturated rings. The Morgan fingerprint density at radius 3 is 2.41 bits per heavy atom. The van der Waals surface area contributed by atoms with Crippen molar-refractivity contribution in [3.05, 3.63) is 59.7 Å². The Labute approximate surface area is 166 Å². The largest absolute Gasteiger partial charge is 0.464 e. The number of carbonyl (C=O) groups excluding carboxylic acids is 1. The highest BCUT2D eigenvalue weighted by Gasteiger charge is 2.22. The maximum Gasteiger partial charge on any atom is 0.357 e. The molecule has 0 saturated carbocycles. The van der Waals surface area contributed by atoms with Crippen molar-refractivity contribution in [2.75, 3.05) is 17.6 Å². The molecule has 0 aliphatic rings. The van der Waals surface area contributed by atoms with E-state index in [0.29, 0.717) is 5.69 Å². The standard InChI is InChI=1S/C18H16N6O4S/c1-11-8-21-18(22-9-11)23-29(26,27)14-5-3-13(4-6-14)24-10-12(7-19)15(20)16(24)17(25)28-2/h3-6,8-10H,20H2,1-2H3,(H,21,22,23). The normalized spacial score (nSPS) is 10.9. The fraction of sp³-hybridized carbons (Fsp3) is 0.111. The highest BCUT2D eigenvalue weighted by Crippen LogP contribution is 2.25. The molecule has 0 amide bonds. The molecule has 3 rings (SSSR count). The van der Waals surface area contributed by atoms with Crippen molar-refractivity contribution in [2.24, 2.45) is 0 Å². The molecule has 10 nitrogen and oxygen atoms in total. The van der Waals surface area contributed by atoms with Crippen LogP contribution in [0.15, 0.2) is 47.8 Å². The molecule has 3 aromatic rings. The lowest BCUT2D eigenvalue weighted by molar-refractivity contribution is 0.0593. The van der Waals surface area contributed by atoms with Gasteiger partial charge in [-0.2, -0.15) is 5.26 Å². The van der Waals surface area contributed by atoms with Crippen LogP contribution in [0.25, 0.3) is 5.69 Å². The van der Waals surface area contributed by atoms with Gasteiger partial charge in [0.25, 0.3) is 10.0 Å². The Morgan fingerprint density at radius 2 is 1.86 bits per heavy atom. The number of nitrogen functional groups attached to an aromatic ring is 1. The molecule has 3 N–H and O–H groups in total.